The number of rotatable bonds is 8. The van der Waals surface area contributed by atoms with E-state index in [0.717, 1.165) is 0 Å². The van der Waals surface area contributed by atoms with E-state index in [1.165, 1.54) is 0 Å². The van der Waals surface area contributed by atoms with Gasteiger partial charge in [0.1, 0.15) is 19.7 Å². The summed E-state index contributed by atoms with van der Waals surface area (Å²) in [6, 6.07) is 0. The first-order valence-corrected chi connectivity index (χ1v) is 5.08. The molecule has 0 heterocycles. The molecular weight excluding hydrogens is 358 g/mol. The van der Waals surface area contributed by atoms with Crippen molar-refractivity contribution >= 4 is 11.9 Å². The molecule has 0 aliphatic heterocycles. The minimum atomic E-state index is -4.51. The van der Waals surface area contributed by atoms with Crippen molar-refractivity contribution < 1.29 is 47.5 Å². The zero-order chi connectivity index (χ0) is 19.3. The zero-order valence-electron chi connectivity index (χ0n) is 10.9. The van der Waals surface area contributed by atoms with Gasteiger partial charge in [-0.15, -0.1) is 0 Å². The number of esters is 2. The molecule has 24 heavy (non-hydrogen) atoms. The quantitative estimate of drug-likeness (QED) is 0.119. The first kappa shape index (κ1) is 20.4. The molecule has 134 valence electrons. The highest BCUT2D eigenvalue weighted by Crippen LogP contribution is 2.15. The van der Waals surface area contributed by atoms with E-state index in [-0.39, 0.29) is 0 Å². The van der Waals surface area contributed by atoms with Gasteiger partial charge >= 0.3 is 23.8 Å². The Bertz CT molecular complexity index is 526. The van der Waals surface area contributed by atoms with Crippen LogP contribution in [0.1, 0.15) is 0 Å². The molecule has 0 aromatic rings. The maximum absolute atomic E-state index is 13.2. The lowest BCUT2D eigenvalue weighted by Gasteiger charge is -2.09. The highest BCUT2D eigenvalue weighted by Gasteiger charge is 2.61. The number of nitro groups is 4. The molecule has 0 spiro atoms. The Morgan fingerprint density at radius 1 is 0.708 bits per heavy atom. The van der Waals surface area contributed by atoms with Crippen molar-refractivity contribution in [1.29, 1.82) is 0 Å². The second-order valence-electron chi connectivity index (χ2n) is 3.62. The van der Waals surface area contributed by atoms with Gasteiger partial charge in [-0.2, -0.15) is 0 Å². The molecule has 0 unspecified atom stereocenters. The molecule has 0 saturated heterocycles. The van der Waals surface area contributed by atoms with E-state index in [9.17, 15) is 58.8 Å². The molecule has 0 aliphatic rings. The fourth-order valence-electron chi connectivity index (χ4n) is 0.777. The van der Waals surface area contributed by atoms with Crippen LogP contribution in [0.3, 0.4) is 0 Å². The second kappa shape index (κ2) is 7.11. The fourth-order valence-corrected chi connectivity index (χ4v) is 0.777. The van der Waals surface area contributed by atoms with Crippen LogP contribution in [0.15, 0.2) is 0 Å². The first-order valence-electron chi connectivity index (χ1n) is 5.08. The van der Waals surface area contributed by atoms with Crippen molar-refractivity contribution in [2.75, 3.05) is 13.2 Å². The third kappa shape index (κ3) is 4.20. The van der Waals surface area contributed by atoms with Gasteiger partial charge in [-0.3, -0.25) is 40.5 Å². The Kier molecular flexibility index (Phi) is 6.04. The van der Waals surface area contributed by atoms with Gasteiger partial charge in [0.05, 0.1) is 0 Å². The summed E-state index contributed by atoms with van der Waals surface area (Å²) in [5, 5.41) is 40.5. The first-order chi connectivity index (χ1) is 10.8. The lowest BCUT2D eigenvalue weighted by molar-refractivity contribution is -0.832. The summed E-state index contributed by atoms with van der Waals surface area (Å²) in [5.74, 6) is -13.7. The Hall–Kier alpha value is -3.60. The van der Waals surface area contributed by atoms with Crippen molar-refractivity contribution in [3.63, 3.8) is 0 Å². The molecule has 0 bridgehead atoms. The van der Waals surface area contributed by atoms with Crippen molar-refractivity contribution in [2.24, 2.45) is 0 Å². The molecule has 0 radical (unpaired) electrons. The van der Waals surface area contributed by atoms with Crippen LogP contribution in [0.2, 0.25) is 0 Å². The smallest absolute Gasteiger partial charge is 0.437 e. The molecule has 0 amide bonds. The largest absolute Gasteiger partial charge is 0.648 e. The van der Waals surface area contributed by atoms with E-state index in [2.05, 4.69) is 9.47 Å². The number of halogens is 2. The number of carbonyl (C=O) groups is 2. The number of nitrogens with zero attached hydrogens (tertiary/aromatic N) is 4. The van der Waals surface area contributed by atoms with Gasteiger partial charge < -0.3 is 9.47 Å². The highest BCUT2D eigenvalue weighted by molar-refractivity contribution is 6.29. The van der Waals surface area contributed by atoms with Crippen molar-refractivity contribution in [2.45, 2.75) is 11.8 Å². The number of carbonyl (C=O) groups excluding carboxylic acids is 2. The van der Waals surface area contributed by atoms with Crippen LogP contribution in [0.4, 0.5) is 8.78 Å². The Labute approximate surface area is 126 Å². The molecule has 0 aromatic heterocycles. The fraction of sp³-hybridized carbons (Fsp3) is 0.667. The van der Waals surface area contributed by atoms with Gasteiger partial charge in [-0.25, -0.2) is 9.59 Å². The van der Waals surface area contributed by atoms with E-state index < -0.39 is 56.7 Å². The van der Waals surface area contributed by atoms with Gasteiger partial charge in [-0.05, 0) is 0 Å². The van der Waals surface area contributed by atoms with Crippen molar-refractivity contribution in [1.82, 2.24) is 0 Å². The van der Waals surface area contributed by atoms with E-state index in [1.807, 2.05) is 0 Å². The molecule has 0 saturated carbocycles. The van der Waals surface area contributed by atoms with Crippen LogP contribution in [0.5, 0.6) is 0 Å². The summed E-state index contributed by atoms with van der Waals surface area (Å²) in [5.41, 5.74) is 0. The summed E-state index contributed by atoms with van der Waals surface area (Å²) < 4.78 is 33.5. The normalized spacial score (nSPS) is 11.2. The molecule has 0 aliphatic carbocycles. The number of alkyl halides is 2. The molecule has 0 fully saturated rings. The predicted molar refractivity (Wildman–Crippen MR) is 57.6 cm³/mol. The van der Waals surface area contributed by atoms with Gasteiger partial charge in [0.15, 0.2) is 0 Å². The minimum Gasteiger partial charge on any atom is -0.437 e. The third-order valence-electron chi connectivity index (χ3n) is 2.06. The highest BCUT2D eigenvalue weighted by atomic mass is 19.2. The van der Waals surface area contributed by atoms with E-state index in [0.29, 0.717) is 0 Å². The van der Waals surface area contributed by atoms with Gasteiger partial charge in [-0.1, -0.05) is 8.78 Å². The number of hydrogen-bond donors (Lipinski definition) is 0. The van der Waals surface area contributed by atoms with Crippen LogP contribution in [-0.4, -0.2) is 56.7 Å². The summed E-state index contributed by atoms with van der Waals surface area (Å²) in [4.78, 5) is 54.0. The standard InChI is InChI=1S/C6H4F2N4O12/c7-5(9(15)16,10(17)18)1-23-3(13)4(14)24-2-6(8,11(19)20)12(21)22/h1-2H2. The Morgan fingerprint density at radius 3 is 1.08 bits per heavy atom. The summed E-state index contributed by atoms with van der Waals surface area (Å²) in [6.07, 6.45) is 0. The zero-order valence-corrected chi connectivity index (χ0v) is 10.9. The van der Waals surface area contributed by atoms with E-state index >= 15 is 0 Å². The predicted octanol–water partition coefficient (Wildman–Crippen LogP) is -1.57. The molecule has 0 N–H and O–H groups in total. The van der Waals surface area contributed by atoms with Gasteiger partial charge in [0, 0.05) is 0 Å². The summed E-state index contributed by atoms with van der Waals surface area (Å²) in [6.45, 7) is -4.40. The van der Waals surface area contributed by atoms with Crippen molar-refractivity contribution in [3.05, 3.63) is 40.5 Å². The molecule has 0 atom stereocenters. The lowest BCUT2D eigenvalue weighted by Crippen LogP contribution is -2.48. The summed E-state index contributed by atoms with van der Waals surface area (Å²) >= 11 is 0. The SMILES string of the molecule is O=C(OCC(F)([N+](=O)[O-])[N+](=O)[O-])C(=O)OCC(F)([N+](=O)[O-])[N+](=O)[O-]. The second-order valence-corrected chi connectivity index (χ2v) is 3.62. The monoisotopic (exact) mass is 362 g/mol. The molecule has 18 heteroatoms. The van der Waals surface area contributed by atoms with Crippen LogP contribution >= 0.6 is 0 Å². The third-order valence-corrected chi connectivity index (χ3v) is 2.06. The maximum Gasteiger partial charge on any atom is 0.648 e. The minimum absolute atomic E-state index is 2.10. The molecule has 16 nitrogen and oxygen atoms in total. The van der Waals surface area contributed by atoms with Crippen LogP contribution in [0, 0.1) is 40.5 Å². The van der Waals surface area contributed by atoms with Crippen LogP contribution < -0.4 is 0 Å². The average Bonchev–Trinajstić information content (AvgIpc) is 2.48. The van der Waals surface area contributed by atoms with Gasteiger partial charge in [0.2, 0.25) is 0 Å². The molecule has 0 aromatic carbocycles. The number of hydrogen-bond acceptors (Lipinski definition) is 12. The topological polar surface area (TPSA) is 225 Å². The van der Waals surface area contributed by atoms with E-state index in [4.69, 9.17) is 0 Å². The van der Waals surface area contributed by atoms with Crippen LogP contribution in [-0.2, 0) is 19.1 Å². The van der Waals surface area contributed by atoms with Crippen molar-refractivity contribution in [3.8, 4) is 0 Å². The molecular formula is C6H4F2N4O12. The summed E-state index contributed by atoms with van der Waals surface area (Å²) in [7, 11) is 0. The average molecular weight is 362 g/mol. The molecule has 0 rings (SSSR count). The van der Waals surface area contributed by atoms with E-state index in [1.54, 1.807) is 0 Å². The lowest BCUT2D eigenvalue weighted by atomic mass is 10.5. The maximum atomic E-state index is 13.2. The van der Waals surface area contributed by atoms with Gasteiger partial charge in [0.25, 0.3) is 13.2 Å². The Balaban J connectivity index is 4.84. The number of ether oxygens (including phenoxy) is 2. The van der Waals surface area contributed by atoms with Crippen LogP contribution in [0.25, 0.3) is 0 Å². The Morgan fingerprint density at radius 2 is 0.917 bits per heavy atom.